The number of piperazine rings is 1. The van der Waals surface area contributed by atoms with Gasteiger partial charge >= 0.3 is 0 Å². The molecule has 0 N–H and O–H groups in total. The Morgan fingerprint density at radius 3 is 2.65 bits per heavy atom. The Morgan fingerprint density at radius 1 is 1.15 bits per heavy atom. The van der Waals surface area contributed by atoms with E-state index < -0.39 is 0 Å². The minimum Gasteiger partial charge on any atom is -0.475 e. The van der Waals surface area contributed by atoms with Gasteiger partial charge in [0.15, 0.2) is 0 Å². The zero-order valence-electron chi connectivity index (χ0n) is 14.6. The molecule has 7 nitrogen and oxygen atoms in total. The second kappa shape index (κ2) is 8.95. The van der Waals surface area contributed by atoms with Gasteiger partial charge in [0, 0.05) is 50.2 Å². The van der Waals surface area contributed by atoms with Gasteiger partial charge in [-0.05, 0) is 40.2 Å². The molecule has 1 aliphatic rings. The lowest BCUT2D eigenvalue weighted by molar-refractivity contribution is 0.0738. The quantitative estimate of drug-likeness (QED) is 0.667. The van der Waals surface area contributed by atoms with Crippen molar-refractivity contribution in [3.63, 3.8) is 0 Å². The first kappa shape index (κ1) is 18.6. The van der Waals surface area contributed by atoms with Crippen molar-refractivity contribution in [2.45, 2.75) is 0 Å². The molecule has 2 aromatic rings. The van der Waals surface area contributed by atoms with E-state index in [1.54, 1.807) is 31.6 Å². The van der Waals surface area contributed by atoms with Crippen LogP contribution in [0.15, 0.2) is 41.1 Å². The molecule has 0 aromatic carbocycles. The summed E-state index contributed by atoms with van der Waals surface area (Å²) in [5.74, 6) is 1.21. The van der Waals surface area contributed by atoms with E-state index in [1.165, 1.54) is 0 Å². The third kappa shape index (κ3) is 4.50. The van der Waals surface area contributed by atoms with Crippen LogP contribution in [0.2, 0.25) is 0 Å². The molecule has 0 aliphatic carbocycles. The summed E-state index contributed by atoms with van der Waals surface area (Å²) in [6.45, 7) is 3.53. The summed E-state index contributed by atoms with van der Waals surface area (Å²) >= 11 is 3.39. The number of carbonyl (C=O) groups is 1. The second-order valence-electron chi connectivity index (χ2n) is 5.81. The predicted octanol–water partition coefficient (Wildman–Crippen LogP) is 2.23. The van der Waals surface area contributed by atoms with Gasteiger partial charge in [-0.1, -0.05) is 0 Å². The highest BCUT2D eigenvalue weighted by molar-refractivity contribution is 9.10. The number of anilines is 1. The van der Waals surface area contributed by atoms with Crippen LogP contribution in [0.25, 0.3) is 0 Å². The van der Waals surface area contributed by atoms with E-state index in [-0.39, 0.29) is 5.91 Å². The number of hydrogen-bond acceptors (Lipinski definition) is 6. The highest BCUT2D eigenvalue weighted by Gasteiger charge is 2.25. The van der Waals surface area contributed by atoms with Gasteiger partial charge in [0.1, 0.15) is 18.0 Å². The third-order valence-electron chi connectivity index (χ3n) is 4.13. The van der Waals surface area contributed by atoms with Crippen molar-refractivity contribution < 1.29 is 14.3 Å². The molecular weight excluding hydrogens is 400 g/mol. The van der Waals surface area contributed by atoms with Crippen LogP contribution in [0.4, 0.5) is 5.82 Å². The molecular formula is C18H21BrN4O3. The topological polar surface area (TPSA) is 67.8 Å². The van der Waals surface area contributed by atoms with E-state index in [4.69, 9.17) is 9.47 Å². The molecule has 0 spiro atoms. The van der Waals surface area contributed by atoms with E-state index in [1.807, 2.05) is 17.0 Å². The average Bonchev–Trinajstić information content (AvgIpc) is 2.69. The predicted molar refractivity (Wildman–Crippen MR) is 102 cm³/mol. The first-order valence-corrected chi connectivity index (χ1v) is 9.21. The van der Waals surface area contributed by atoms with Crippen molar-refractivity contribution in [2.75, 3.05) is 51.4 Å². The van der Waals surface area contributed by atoms with Crippen LogP contribution in [0.1, 0.15) is 10.4 Å². The van der Waals surface area contributed by atoms with Gasteiger partial charge in [0.05, 0.1) is 6.61 Å². The number of pyridine rings is 2. The molecule has 2 aromatic heterocycles. The zero-order chi connectivity index (χ0) is 18.4. The lowest BCUT2D eigenvalue weighted by Gasteiger charge is -2.35. The summed E-state index contributed by atoms with van der Waals surface area (Å²) in [6.07, 6.45) is 3.40. The van der Waals surface area contributed by atoms with Crippen molar-refractivity contribution in [2.24, 2.45) is 0 Å². The number of hydrogen-bond donors (Lipinski definition) is 0. The van der Waals surface area contributed by atoms with E-state index in [0.29, 0.717) is 37.7 Å². The van der Waals surface area contributed by atoms with Gasteiger partial charge in [-0.25, -0.2) is 9.97 Å². The van der Waals surface area contributed by atoms with E-state index >= 15 is 0 Å². The third-order valence-corrected chi connectivity index (χ3v) is 4.60. The van der Waals surface area contributed by atoms with Gasteiger partial charge in [0.2, 0.25) is 5.88 Å². The maximum absolute atomic E-state index is 12.9. The summed E-state index contributed by atoms with van der Waals surface area (Å²) in [5, 5.41) is 0. The summed E-state index contributed by atoms with van der Waals surface area (Å²) in [6, 6.07) is 7.45. The normalized spacial score (nSPS) is 14.4. The largest absolute Gasteiger partial charge is 0.475 e. The molecule has 1 fully saturated rings. The molecule has 0 saturated carbocycles. The average molecular weight is 421 g/mol. The fourth-order valence-electron chi connectivity index (χ4n) is 2.75. The number of amides is 1. The Labute approximate surface area is 161 Å². The molecule has 8 heteroatoms. The molecule has 1 saturated heterocycles. The molecule has 0 bridgehead atoms. The first-order chi connectivity index (χ1) is 12.7. The SMILES string of the molecule is COCCOc1ncccc1C(=O)N1CCN(c2ccc(Br)cn2)CC1. The molecule has 1 amide bonds. The molecule has 1 aliphatic heterocycles. The number of aromatic nitrogens is 2. The van der Waals surface area contributed by atoms with Crippen LogP contribution in [0.3, 0.4) is 0 Å². The van der Waals surface area contributed by atoms with Crippen molar-refractivity contribution in [3.8, 4) is 5.88 Å². The summed E-state index contributed by atoms with van der Waals surface area (Å²) in [5.41, 5.74) is 0.485. The molecule has 3 rings (SSSR count). The van der Waals surface area contributed by atoms with Gasteiger partial charge in [-0.3, -0.25) is 4.79 Å². The lowest BCUT2D eigenvalue weighted by Crippen LogP contribution is -2.49. The molecule has 138 valence electrons. The summed E-state index contributed by atoms with van der Waals surface area (Å²) in [4.78, 5) is 25.5. The van der Waals surface area contributed by atoms with Crippen molar-refractivity contribution in [3.05, 3.63) is 46.7 Å². The summed E-state index contributed by atoms with van der Waals surface area (Å²) in [7, 11) is 1.60. The molecule has 3 heterocycles. The zero-order valence-corrected chi connectivity index (χ0v) is 16.2. The van der Waals surface area contributed by atoms with Crippen molar-refractivity contribution in [1.82, 2.24) is 14.9 Å². The van der Waals surface area contributed by atoms with Crippen LogP contribution < -0.4 is 9.64 Å². The highest BCUT2D eigenvalue weighted by Crippen LogP contribution is 2.20. The number of methoxy groups -OCH3 is 1. The van der Waals surface area contributed by atoms with Gasteiger partial charge in [-0.15, -0.1) is 0 Å². The van der Waals surface area contributed by atoms with E-state index in [0.717, 1.165) is 23.4 Å². The molecule has 26 heavy (non-hydrogen) atoms. The van der Waals surface area contributed by atoms with E-state index in [2.05, 4.69) is 30.8 Å². The second-order valence-corrected chi connectivity index (χ2v) is 6.73. The molecule has 0 radical (unpaired) electrons. The fourth-order valence-corrected chi connectivity index (χ4v) is 2.99. The lowest BCUT2D eigenvalue weighted by atomic mass is 10.2. The number of nitrogens with zero attached hydrogens (tertiary/aromatic N) is 4. The summed E-state index contributed by atoms with van der Waals surface area (Å²) < 4.78 is 11.5. The number of halogens is 1. The van der Waals surface area contributed by atoms with Crippen LogP contribution in [-0.4, -0.2) is 67.3 Å². The Bertz CT molecular complexity index is 733. The van der Waals surface area contributed by atoms with Crippen molar-refractivity contribution >= 4 is 27.7 Å². The van der Waals surface area contributed by atoms with Crippen LogP contribution in [0.5, 0.6) is 5.88 Å². The number of rotatable bonds is 6. The van der Waals surface area contributed by atoms with Crippen molar-refractivity contribution in [1.29, 1.82) is 0 Å². The Balaban J connectivity index is 1.62. The van der Waals surface area contributed by atoms with Crippen LogP contribution >= 0.6 is 15.9 Å². The maximum Gasteiger partial charge on any atom is 0.259 e. The van der Waals surface area contributed by atoms with Crippen LogP contribution in [0, 0.1) is 0 Å². The highest BCUT2D eigenvalue weighted by atomic mass is 79.9. The van der Waals surface area contributed by atoms with E-state index in [9.17, 15) is 4.79 Å². The Kier molecular flexibility index (Phi) is 6.40. The smallest absolute Gasteiger partial charge is 0.259 e. The first-order valence-electron chi connectivity index (χ1n) is 8.41. The standard InChI is InChI=1S/C18H21BrN4O3/c1-25-11-12-26-17-15(3-2-6-20-17)18(24)23-9-7-22(8-10-23)16-5-4-14(19)13-21-16/h2-6,13H,7-12H2,1H3. The number of ether oxygens (including phenoxy) is 2. The van der Waals surface area contributed by atoms with Gasteiger partial charge in [0.25, 0.3) is 5.91 Å². The van der Waals surface area contributed by atoms with Crippen LogP contribution in [-0.2, 0) is 4.74 Å². The van der Waals surface area contributed by atoms with Gasteiger partial charge < -0.3 is 19.3 Å². The minimum atomic E-state index is -0.0612. The Morgan fingerprint density at radius 2 is 1.96 bits per heavy atom. The maximum atomic E-state index is 12.9. The monoisotopic (exact) mass is 420 g/mol. The Hall–Kier alpha value is -2.19. The minimum absolute atomic E-state index is 0.0612. The number of carbonyl (C=O) groups excluding carboxylic acids is 1. The fraction of sp³-hybridized carbons (Fsp3) is 0.389. The van der Waals surface area contributed by atoms with Gasteiger partial charge in [-0.2, -0.15) is 0 Å². The molecule has 0 atom stereocenters. The molecule has 0 unspecified atom stereocenters.